The maximum atomic E-state index is 14.6. The number of urea groups is 1. The Labute approximate surface area is 231 Å². The average molecular weight is 559 g/mol. The van der Waals surface area contributed by atoms with Crippen molar-refractivity contribution in [1.82, 2.24) is 14.7 Å². The van der Waals surface area contributed by atoms with Crippen molar-refractivity contribution in [2.45, 2.75) is 71.0 Å². The first-order valence-electron chi connectivity index (χ1n) is 13.4. The molecule has 1 aromatic heterocycles. The van der Waals surface area contributed by atoms with Crippen molar-refractivity contribution in [3.05, 3.63) is 76.7 Å². The van der Waals surface area contributed by atoms with Crippen molar-refractivity contribution in [2.75, 3.05) is 22.9 Å². The Morgan fingerprint density at radius 1 is 1.05 bits per heavy atom. The smallest absolute Gasteiger partial charge is 0.369 e. The van der Waals surface area contributed by atoms with E-state index in [1.165, 1.54) is 29.2 Å². The van der Waals surface area contributed by atoms with Gasteiger partial charge in [-0.1, -0.05) is 30.3 Å². The fourth-order valence-electron chi connectivity index (χ4n) is 5.74. The standard InChI is InChI=1S/C29H34F4N6O/c1-19-7-6-10-24(30)25(19)36-13-11-22(12-14-36)38-17-21-15-37(18-28(2,3)34)35-26(21)39(27(38)40)16-20-8-4-5-9-23(20)29(31,32)33/h4-10,15,22H,11-14,16-18,34H2,1-3H3. The zero-order valence-corrected chi connectivity index (χ0v) is 22.9. The molecule has 1 fully saturated rings. The van der Waals surface area contributed by atoms with Crippen molar-refractivity contribution in [1.29, 1.82) is 0 Å². The number of carbonyl (C=O) groups excluding carboxylic acids is 1. The van der Waals surface area contributed by atoms with E-state index in [2.05, 4.69) is 5.10 Å². The van der Waals surface area contributed by atoms with Crippen LogP contribution < -0.4 is 15.5 Å². The number of nitrogens with zero attached hydrogens (tertiary/aromatic N) is 5. The quantitative estimate of drug-likeness (QED) is 0.394. The molecule has 0 bridgehead atoms. The largest absolute Gasteiger partial charge is 0.416 e. The third-order valence-corrected chi connectivity index (χ3v) is 7.52. The molecule has 2 aromatic carbocycles. The van der Waals surface area contributed by atoms with Gasteiger partial charge in [0.1, 0.15) is 5.82 Å². The van der Waals surface area contributed by atoms with Crippen LogP contribution in [0.15, 0.2) is 48.7 Å². The van der Waals surface area contributed by atoms with Gasteiger partial charge in [0, 0.05) is 36.4 Å². The Balaban J connectivity index is 1.44. The number of carbonyl (C=O) groups is 1. The second-order valence-electron chi connectivity index (χ2n) is 11.4. The summed E-state index contributed by atoms with van der Waals surface area (Å²) in [5, 5.41) is 4.59. The Bertz CT molecular complexity index is 1370. The molecule has 2 amide bonds. The first-order valence-corrected chi connectivity index (χ1v) is 13.4. The maximum Gasteiger partial charge on any atom is 0.416 e. The summed E-state index contributed by atoms with van der Waals surface area (Å²) in [6, 6.07) is 9.75. The molecule has 0 radical (unpaired) electrons. The number of aryl methyl sites for hydroxylation is 1. The highest BCUT2D eigenvalue weighted by Crippen LogP contribution is 2.37. The number of alkyl halides is 3. The van der Waals surface area contributed by atoms with Crippen LogP contribution in [0, 0.1) is 12.7 Å². The lowest BCUT2D eigenvalue weighted by Crippen LogP contribution is -2.54. The number of benzene rings is 2. The van der Waals surface area contributed by atoms with Gasteiger partial charge < -0.3 is 15.5 Å². The number of hydrogen-bond acceptors (Lipinski definition) is 4. The summed E-state index contributed by atoms with van der Waals surface area (Å²) >= 11 is 0. The minimum absolute atomic E-state index is 0.00491. The Hall–Kier alpha value is -3.60. The number of para-hydroxylation sites is 1. The van der Waals surface area contributed by atoms with E-state index in [1.807, 2.05) is 37.9 Å². The van der Waals surface area contributed by atoms with Crippen LogP contribution in [0.2, 0.25) is 0 Å². The topological polar surface area (TPSA) is 70.6 Å². The maximum absolute atomic E-state index is 14.6. The first-order chi connectivity index (χ1) is 18.8. The molecule has 3 heterocycles. The van der Waals surface area contributed by atoms with Crippen molar-refractivity contribution in [2.24, 2.45) is 5.73 Å². The molecule has 7 nitrogen and oxygen atoms in total. The predicted molar refractivity (Wildman–Crippen MR) is 145 cm³/mol. The molecule has 0 spiro atoms. The fraction of sp³-hybridized carbons (Fsp3) is 0.448. The molecule has 40 heavy (non-hydrogen) atoms. The van der Waals surface area contributed by atoms with Gasteiger partial charge in [0.2, 0.25) is 0 Å². The summed E-state index contributed by atoms with van der Waals surface area (Å²) in [6.45, 7) is 7.09. The minimum Gasteiger partial charge on any atom is -0.369 e. The lowest BCUT2D eigenvalue weighted by Gasteiger charge is -2.43. The second-order valence-corrected chi connectivity index (χ2v) is 11.4. The summed E-state index contributed by atoms with van der Waals surface area (Å²) in [4.78, 5) is 19.0. The molecule has 1 saturated heterocycles. The van der Waals surface area contributed by atoms with E-state index in [0.29, 0.717) is 50.5 Å². The van der Waals surface area contributed by atoms with Gasteiger partial charge in [-0.25, -0.2) is 9.18 Å². The third-order valence-electron chi connectivity index (χ3n) is 7.52. The number of fused-ring (bicyclic) bond motifs is 1. The van der Waals surface area contributed by atoms with Crippen molar-refractivity contribution in [3.63, 3.8) is 0 Å². The molecule has 3 aromatic rings. The second kappa shape index (κ2) is 10.4. The van der Waals surface area contributed by atoms with Crippen LogP contribution in [0.5, 0.6) is 0 Å². The van der Waals surface area contributed by atoms with Gasteiger partial charge in [-0.15, -0.1) is 0 Å². The molecule has 0 saturated carbocycles. The monoisotopic (exact) mass is 558 g/mol. The van der Waals surface area contributed by atoms with Crippen LogP contribution in [-0.2, 0) is 25.8 Å². The number of rotatable bonds is 6. The average Bonchev–Trinajstić information content (AvgIpc) is 3.26. The van der Waals surface area contributed by atoms with Gasteiger partial charge in [-0.05, 0) is 56.9 Å². The summed E-state index contributed by atoms with van der Waals surface area (Å²) in [5.41, 5.74) is 7.01. The molecule has 0 aliphatic carbocycles. The lowest BCUT2D eigenvalue weighted by molar-refractivity contribution is -0.138. The van der Waals surface area contributed by atoms with E-state index in [4.69, 9.17) is 5.73 Å². The zero-order valence-electron chi connectivity index (χ0n) is 22.9. The van der Waals surface area contributed by atoms with E-state index in [-0.39, 0.29) is 30.0 Å². The van der Waals surface area contributed by atoms with Gasteiger partial charge in [-0.2, -0.15) is 18.3 Å². The van der Waals surface area contributed by atoms with Gasteiger partial charge in [0.25, 0.3) is 0 Å². The first kappa shape index (κ1) is 27.9. The van der Waals surface area contributed by atoms with Crippen molar-refractivity contribution >= 4 is 17.5 Å². The number of nitrogens with two attached hydrogens (primary N) is 1. The lowest BCUT2D eigenvalue weighted by atomic mass is 10.00. The van der Waals surface area contributed by atoms with Crippen LogP contribution in [0.3, 0.4) is 0 Å². The summed E-state index contributed by atoms with van der Waals surface area (Å²) in [6.07, 6.45) is -1.53. The molecule has 2 N–H and O–H groups in total. The Kier molecular flexibility index (Phi) is 7.28. The molecular formula is C29H34F4N6O. The van der Waals surface area contributed by atoms with Crippen LogP contribution in [0.25, 0.3) is 0 Å². The van der Waals surface area contributed by atoms with Crippen LogP contribution in [-0.4, -0.2) is 45.4 Å². The zero-order chi connectivity index (χ0) is 28.8. The number of hydrogen-bond donors (Lipinski definition) is 1. The Morgan fingerprint density at radius 3 is 2.40 bits per heavy atom. The highest BCUT2D eigenvalue weighted by Gasteiger charge is 2.40. The number of aromatic nitrogens is 2. The van der Waals surface area contributed by atoms with Gasteiger partial charge in [0.15, 0.2) is 5.82 Å². The number of amides is 2. The van der Waals surface area contributed by atoms with Crippen LogP contribution in [0.1, 0.15) is 48.9 Å². The summed E-state index contributed by atoms with van der Waals surface area (Å²) in [5.74, 6) is 0.0729. The van der Waals surface area contributed by atoms with E-state index in [9.17, 15) is 22.4 Å². The predicted octanol–water partition coefficient (Wildman–Crippen LogP) is 5.70. The SMILES string of the molecule is Cc1cccc(F)c1N1CCC(N2Cc3cn(CC(C)(C)N)nc3N(Cc3ccccc3C(F)(F)F)C2=O)CC1. The molecule has 0 unspecified atom stereocenters. The van der Waals surface area contributed by atoms with Gasteiger partial charge in [-0.3, -0.25) is 9.58 Å². The molecule has 0 atom stereocenters. The molecular weight excluding hydrogens is 524 g/mol. The van der Waals surface area contributed by atoms with Crippen LogP contribution >= 0.6 is 0 Å². The normalized spacial score (nSPS) is 17.0. The van der Waals surface area contributed by atoms with Gasteiger partial charge in [0.05, 0.1) is 30.9 Å². The Morgan fingerprint density at radius 2 is 1.75 bits per heavy atom. The molecule has 11 heteroatoms. The highest BCUT2D eigenvalue weighted by atomic mass is 19.4. The summed E-state index contributed by atoms with van der Waals surface area (Å²) < 4.78 is 57.7. The van der Waals surface area contributed by atoms with E-state index in [1.54, 1.807) is 15.6 Å². The van der Waals surface area contributed by atoms with Crippen molar-refractivity contribution < 1.29 is 22.4 Å². The molecule has 5 rings (SSSR count). The minimum atomic E-state index is -4.56. The van der Waals surface area contributed by atoms with E-state index in [0.717, 1.165) is 17.2 Å². The van der Waals surface area contributed by atoms with Gasteiger partial charge >= 0.3 is 12.2 Å². The number of halogens is 4. The number of anilines is 2. The van der Waals surface area contributed by atoms with Crippen LogP contribution in [0.4, 0.5) is 33.9 Å². The van der Waals surface area contributed by atoms with E-state index < -0.39 is 17.3 Å². The molecule has 214 valence electrons. The van der Waals surface area contributed by atoms with Crippen molar-refractivity contribution in [3.8, 4) is 0 Å². The summed E-state index contributed by atoms with van der Waals surface area (Å²) in [7, 11) is 0. The fourth-order valence-corrected chi connectivity index (χ4v) is 5.74. The molecule has 2 aliphatic rings. The van der Waals surface area contributed by atoms with E-state index >= 15 is 0 Å². The highest BCUT2D eigenvalue weighted by molar-refractivity contribution is 5.94. The molecule has 2 aliphatic heterocycles. The third kappa shape index (κ3) is 5.65. The number of piperidine rings is 1.